The van der Waals surface area contributed by atoms with Crippen LogP contribution in [0.15, 0.2) is 12.1 Å². The molecule has 1 aliphatic heterocycles. The summed E-state index contributed by atoms with van der Waals surface area (Å²) in [5.41, 5.74) is 0.0231. The van der Waals surface area contributed by atoms with Gasteiger partial charge in [-0.1, -0.05) is 24.9 Å². The summed E-state index contributed by atoms with van der Waals surface area (Å²) in [6.07, 6.45) is 2.79. The molecule has 0 aliphatic carbocycles. The summed E-state index contributed by atoms with van der Waals surface area (Å²) in [5, 5.41) is 9.66. The largest absolute Gasteiger partial charge is 0.480 e. The van der Waals surface area contributed by atoms with Gasteiger partial charge >= 0.3 is 5.97 Å². The number of halogens is 1. The lowest BCUT2D eigenvalue weighted by Gasteiger charge is -2.31. The van der Waals surface area contributed by atoms with Crippen molar-refractivity contribution in [2.45, 2.75) is 45.1 Å². The summed E-state index contributed by atoms with van der Waals surface area (Å²) in [6, 6.07) is 3.21. The van der Waals surface area contributed by atoms with Gasteiger partial charge in [-0.15, -0.1) is 0 Å². The molecule has 1 aromatic heterocycles. The Morgan fingerprint density at radius 2 is 2.19 bits per heavy atom. The van der Waals surface area contributed by atoms with Crippen molar-refractivity contribution in [3.8, 4) is 0 Å². The molecule has 1 aromatic rings. The van der Waals surface area contributed by atoms with Crippen LogP contribution in [0, 0.1) is 0 Å². The Bertz CT molecular complexity index is 576. The number of nitrogens with zero attached hydrogens (tertiary/aromatic N) is 2. The van der Waals surface area contributed by atoms with Gasteiger partial charge < -0.3 is 10.0 Å². The average Bonchev–Trinajstić information content (AvgIpc) is 2.81. The number of carboxylic acids is 1. The summed E-state index contributed by atoms with van der Waals surface area (Å²) in [6.45, 7) is 4.06. The second-order valence-electron chi connectivity index (χ2n) is 5.56. The first kappa shape index (κ1) is 15.8. The minimum atomic E-state index is -1.14. The molecule has 2 heterocycles. The smallest absolute Gasteiger partial charge is 0.329 e. The predicted octanol–water partition coefficient (Wildman–Crippen LogP) is 2.77. The molecule has 5 nitrogen and oxygen atoms in total. The van der Waals surface area contributed by atoms with Gasteiger partial charge in [0.25, 0.3) is 5.91 Å². The third-order valence-corrected chi connectivity index (χ3v) is 4.14. The van der Waals surface area contributed by atoms with Crippen molar-refractivity contribution in [3.05, 3.63) is 28.5 Å². The van der Waals surface area contributed by atoms with Gasteiger partial charge in [0.15, 0.2) is 0 Å². The van der Waals surface area contributed by atoms with Crippen LogP contribution in [0.4, 0.5) is 0 Å². The van der Waals surface area contributed by atoms with Crippen LogP contribution in [0.25, 0.3) is 0 Å². The Morgan fingerprint density at radius 1 is 1.48 bits per heavy atom. The lowest BCUT2D eigenvalue weighted by Crippen LogP contribution is -2.50. The maximum absolute atomic E-state index is 12.7. The summed E-state index contributed by atoms with van der Waals surface area (Å²) >= 11 is 5.97. The van der Waals surface area contributed by atoms with Crippen LogP contribution in [-0.2, 0) is 11.2 Å². The molecule has 1 N–H and O–H groups in total. The highest BCUT2D eigenvalue weighted by atomic mass is 35.5. The second-order valence-corrected chi connectivity index (χ2v) is 5.95. The molecule has 1 fully saturated rings. The zero-order valence-electron chi connectivity index (χ0n) is 12.2. The highest BCUT2D eigenvalue weighted by molar-refractivity contribution is 6.29. The Kier molecular flexibility index (Phi) is 4.52. The number of aryl methyl sites for hydroxylation is 1. The first-order chi connectivity index (χ1) is 9.88. The lowest BCUT2D eigenvalue weighted by molar-refractivity contribution is -0.147. The molecule has 114 valence electrons. The number of carbonyl (C=O) groups is 2. The fraction of sp³-hybridized carbons (Fsp3) is 0.533. The molecule has 0 saturated carbocycles. The predicted molar refractivity (Wildman–Crippen MR) is 79.6 cm³/mol. The third kappa shape index (κ3) is 3.02. The number of carbonyl (C=O) groups excluding carboxylic acids is 1. The number of likely N-dealkylation sites (tertiary alicyclic amines) is 1. The van der Waals surface area contributed by atoms with Crippen molar-refractivity contribution in [3.63, 3.8) is 0 Å². The van der Waals surface area contributed by atoms with E-state index in [2.05, 4.69) is 4.98 Å². The van der Waals surface area contributed by atoms with Gasteiger partial charge in [0.2, 0.25) is 0 Å². The van der Waals surface area contributed by atoms with Gasteiger partial charge in [0.1, 0.15) is 10.7 Å². The first-order valence-electron chi connectivity index (χ1n) is 7.10. The zero-order chi connectivity index (χ0) is 15.6. The fourth-order valence-corrected chi connectivity index (χ4v) is 2.95. The molecular weight excluding hydrogens is 292 g/mol. The summed E-state index contributed by atoms with van der Waals surface area (Å²) in [7, 11) is 0. The number of aromatic nitrogens is 1. The monoisotopic (exact) mass is 310 g/mol. The molecule has 2 rings (SSSR count). The highest BCUT2D eigenvalue weighted by Gasteiger charge is 2.46. The van der Waals surface area contributed by atoms with E-state index in [0.717, 1.165) is 18.5 Å². The van der Waals surface area contributed by atoms with E-state index in [1.165, 1.54) is 11.0 Å². The van der Waals surface area contributed by atoms with Crippen LogP contribution in [-0.4, -0.2) is 39.0 Å². The molecule has 1 aliphatic rings. The summed E-state index contributed by atoms with van der Waals surface area (Å²) in [5.74, 6) is -1.26. The molecule has 1 unspecified atom stereocenters. The number of aliphatic carboxylic acids is 1. The zero-order valence-corrected chi connectivity index (χ0v) is 13.0. The molecule has 0 bridgehead atoms. The van der Waals surface area contributed by atoms with Crippen LogP contribution < -0.4 is 0 Å². The van der Waals surface area contributed by atoms with Crippen molar-refractivity contribution in [2.75, 3.05) is 6.54 Å². The molecule has 0 radical (unpaired) electrons. The Hall–Kier alpha value is -1.62. The summed E-state index contributed by atoms with van der Waals surface area (Å²) < 4.78 is 0. The van der Waals surface area contributed by atoms with Gasteiger partial charge in [-0.25, -0.2) is 9.78 Å². The molecule has 0 aromatic carbocycles. The SMILES string of the molecule is CCCc1cc(C(=O)N2CCCC2(C)C(=O)O)cc(Cl)n1. The van der Waals surface area contributed by atoms with Crippen LogP contribution in [0.1, 0.15) is 49.2 Å². The van der Waals surface area contributed by atoms with Crippen molar-refractivity contribution in [1.29, 1.82) is 0 Å². The van der Waals surface area contributed by atoms with Crippen molar-refractivity contribution in [2.24, 2.45) is 0 Å². The number of pyridine rings is 1. The van der Waals surface area contributed by atoms with E-state index in [0.29, 0.717) is 24.9 Å². The molecule has 1 atom stereocenters. The van der Waals surface area contributed by atoms with E-state index in [-0.39, 0.29) is 11.1 Å². The second kappa shape index (κ2) is 6.02. The molecule has 1 amide bonds. The maximum Gasteiger partial charge on any atom is 0.329 e. The molecule has 21 heavy (non-hydrogen) atoms. The van der Waals surface area contributed by atoms with Crippen LogP contribution in [0.3, 0.4) is 0 Å². The van der Waals surface area contributed by atoms with Gasteiger partial charge in [0.05, 0.1) is 0 Å². The number of amides is 1. The van der Waals surface area contributed by atoms with Gasteiger partial charge in [-0.3, -0.25) is 4.79 Å². The van der Waals surface area contributed by atoms with E-state index < -0.39 is 11.5 Å². The molecular formula is C15H19ClN2O3. The van der Waals surface area contributed by atoms with Crippen LogP contribution in [0.5, 0.6) is 0 Å². The van der Waals surface area contributed by atoms with E-state index in [4.69, 9.17) is 11.6 Å². The molecule has 0 spiro atoms. The minimum absolute atomic E-state index is 0.264. The minimum Gasteiger partial charge on any atom is -0.480 e. The topological polar surface area (TPSA) is 70.5 Å². The number of carboxylic acid groups (broad SMARTS) is 1. The Morgan fingerprint density at radius 3 is 2.81 bits per heavy atom. The van der Waals surface area contributed by atoms with E-state index in [9.17, 15) is 14.7 Å². The third-order valence-electron chi connectivity index (χ3n) is 3.95. The normalized spacial score (nSPS) is 21.6. The Labute approximate surface area is 128 Å². The van der Waals surface area contributed by atoms with E-state index in [1.54, 1.807) is 13.0 Å². The number of hydrogen-bond acceptors (Lipinski definition) is 3. The highest BCUT2D eigenvalue weighted by Crippen LogP contribution is 2.31. The van der Waals surface area contributed by atoms with E-state index in [1.807, 2.05) is 6.92 Å². The van der Waals surface area contributed by atoms with Crippen LogP contribution >= 0.6 is 11.6 Å². The molecule has 6 heteroatoms. The van der Waals surface area contributed by atoms with Gasteiger partial charge in [-0.2, -0.15) is 0 Å². The fourth-order valence-electron chi connectivity index (χ4n) is 2.73. The lowest BCUT2D eigenvalue weighted by atomic mass is 9.98. The Balaban J connectivity index is 2.33. The van der Waals surface area contributed by atoms with Gasteiger partial charge in [-0.05, 0) is 38.3 Å². The number of rotatable bonds is 4. The van der Waals surface area contributed by atoms with Crippen molar-refractivity contribution in [1.82, 2.24) is 9.88 Å². The van der Waals surface area contributed by atoms with Crippen LogP contribution in [0.2, 0.25) is 5.15 Å². The molecule has 1 saturated heterocycles. The maximum atomic E-state index is 12.7. The van der Waals surface area contributed by atoms with Crippen molar-refractivity contribution < 1.29 is 14.7 Å². The van der Waals surface area contributed by atoms with Crippen molar-refractivity contribution >= 4 is 23.5 Å². The first-order valence-corrected chi connectivity index (χ1v) is 7.48. The van der Waals surface area contributed by atoms with Gasteiger partial charge in [0, 0.05) is 17.8 Å². The average molecular weight is 311 g/mol. The quantitative estimate of drug-likeness (QED) is 0.868. The standard InChI is InChI=1S/C15H19ClN2O3/c1-3-5-11-8-10(9-12(16)17-11)13(19)18-7-4-6-15(18,2)14(20)21/h8-9H,3-7H2,1-2H3,(H,20,21). The summed E-state index contributed by atoms with van der Waals surface area (Å²) in [4.78, 5) is 29.7. The number of hydrogen-bond donors (Lipinski definition) is 1. The van der Waals surface area contributed by atoms with E-state index >= 15 is 0 Å².